The third-order valence-corrected chi connectivity index (χ3v) is 5.51. The fourth-order valence-corrected chi connectivity index (χ4v) is 3.85. The predicted molar refractivity (Wildman–Crippen MR) is 100 cm³/mol. The molecule has 1 heteroatoms. The van der Waals surface area contributed by atoms with E-state index < -0.39 is 0 Å². The lowest BCUT2D eigenvalue weighted by Crippen LogP contribution is -2.34. The summed E-state index contributed by atoms with van der Waals surface area (Å²) in [7, 11) is 0. The van der Waals surface area contributed by atoms with E-state index in [0.29, 0.717) is 0 Å². The Labute approximate surface area is 144 Å². The topological polar surface area (TPSA) is 17.1 Å². The largest absolute Gasteiger partial charge is 0.289 e. The molecule has 1 nitrogen and oxygen atoms in total. The van der Waals surface area contributed by atoms with Crippen LogP contribution in [-0.4, -0.2) is 5.78 Å². The highest BCUT2D eigenvalue weighted by Crippen LogP contribution is 2.44. The summed E-state index contributed by atoms with van der Waals surface area (Å²) in [6, 6.07) is 20.1. The molecule has 0 radical (unpaired) electrons. The quantitative estimate of drug-likeness (QED) is 0.660. The lowest BCUT2D eigenvalue weighted by Gasteiger charge is -2.39. The van der Waals surface area contributed by atoms with Crippen LogP contribution in [0.2, 0.25) is 0 Å². The number of carbonyl (C=O) groups excluding carboxylic acids is 1. The minimum absolute atomic E-state index is 0.0874. The first kappa shape index (κ1) is 16.4. The number of rotatable bonds is 3. The summed E-state index contributed by atoms with van der Waals surface area (Å²) < 4.78 is 0. The Balaban J connectivity index is 2.06. The smallest absolute Gasteiger partial charge is 0.193 e. The number of hydrogen-bond donors (Lipinski definition) is 0. The van der Waals surface area contributed by atoms with Crippen LogP contribution in [0.25, 0.3) is 0 Å². The van der Waals surface area contributed by atoms with Gasteiger partial charge in [0.05, 0.1) is 0 Å². The zero-order valence-corrected chi connectivity index (χ0v) is 14.8. The molecular weight excluding hydrogens is 292 g/mol. The minimum atomic E-state index is -0.0874. The van der Waals surface area contributed by atoms with Gasteiger partial charge in [0.1, 0.15) is 0 Å². The number of hydrogen-bond acceptors (Lipinski definition) is 1. The molecule has 0 amide bonds. The van der Waals surface area contributed by atoms with E-state index in [1.807, 2.05) is 36.4 Å². The van der Waals surface area contributed by atoms with Crippen molar-refractivity contribution >= 4 is 5.78 Å². The number of Topliss-reactive ketones (excluding diaryl/α,β-unsaturated/α-hetero) is 1. The molecule has 0 spiro atoms. The Bertz CT molecular complexity index is 812. The number of ketones is 1. The molecule has 0 aliphatic heterocycles. The van der Waals surface area contributed by atoms with Gasteiger partial charge < -0.3 is 0 Å². The average molecular weight is 316 g/mol. The lowest BCUT2D eigenvalue weighted by molar-refractivity contribution is 0.103. The molecule has 24 heavy (non-hydrogen) atoms. The Morgan fingerprint density at radius 3 is 2.04 bits per heavy atom. The van der Waals surface area contributed by atoms with E-state index in [9.17, 15) is 4.79 Å². The standard InChI is InChI=1S/C23H24O/c1-16-15-23(4,20-13-9-6-10-14-20)18(3)17(2)21(16)22(24)19-11-7-5-8-12-19/h5-15,18H,1-4H3. The van der Waals surface area contributed by atoms with Crippen LogP contribution in [0.5, 0.6) is 0 Å². The second kappa shape index (κ2) is 6.24. The summed E-state index contributed by atoms with van der Waals surface area (Å²) >= 11 is 0. The minimum Gasteiger partial charge on any atom is -0.289 e. The van der Waals surface area contributed by atoms with E-state index in [4.69, 9.17) is 0 Å². The van der Waals surface area contributed by atoms with Crippen molar-refractivity contribution in [3.05, 3.63) is 94.6 Å². The van der Waals surface area contributed by atoms with E-state index in [2.05, 4.69) is 58.0 Å². The van der Waals surface area contributed by atoms with Gasteiger partial charge in [0.25, 0.3) is 0 Å². The molecule has 0 aromatic heterocycles. The molecule has 2 aromatic carbocycles. The monoisotopic (exact) mass is 316 g/mol. The van der Waals surface area contributed by atoms with Crippen molar-refractivity contribution in [2.45, 2.75) is 33.1 Å². The molecule has 1 aliphatic rings. The third kappa shape index (κ3) is 2.65. The van der Waals surface area contributed by atoms with Crippen LogP contribution in [0.15, 0.2) is 83.5 Å². The average Bonchev–Trinajstić information content (AvgIpc) is 2.61. The molecule has 2 unspecified atom stereocenters. The van der Waals surface area contributed by atoms with Crippen molar-refractivity contribution in [1.82, 2.24) is 0 Å². The van der Waals surface area contributed by atoms with Crippen molar-refractivity contribution in [2.24, 2.45) is 5.92 Å². The molecule has 2 atom stereocenters. The molecule has 3 rings (SSSR count). The molecule has 0 saturated carbocycles. The SMILES string of the molecule is CC1=CC(C)(c2ccccc2)C(C)C(C)=C1C(=O)c1ccccc1. The normalized spacial score (nSPS) is 23.8. The maximum atomic E-state index is 13.0. The zero-order valence-electron chi connectivity index (χ0n) is 14.8. The van der Waals surface area contributed by atoms with Gasteiger partial charge >= 0.3 is 0 Å². The van der Waals surface area contributed by atoms with Crippen molar-refractivity contribution in [1.29, 1.82) is 0 Å². The van der Waals surface area contributed by atoms with Gasteiger partial charge in [0.2, 0.25) is 0 Å². The van der Waals surface area contributed by atoms with Crippen LogP contribution in [0.3, 0.4) is 0 Å². The Hall–Kier alpha value is -2.41. The number of carbonyl (C=O) groups is 1. The molecule has 0 bridgehead atoms. The van der Waals surface area contributed by atoms with Gasteiger partial charge in [0, 0.05) is 16.6 Å². The van der Waals surface area contributed by atoms with Gasteiger partial charge in [-0.25, -0.2) is 0 Å². The van der Waals surface area contributed by atoms with E-state index >= 15 is 0 Å². The second-order valence-electron chi connectivity index (χ2n) is 6.95. The van der Waals surface area contributed by atoms with Crippen LogP contribution in [0.1, 0.15) is 43.6 Å². The van der Waals surface area contributed by atoms with Gasteiger partial charge in [-0.05, 0) is 30.9 Å². The summed E-state index contributed by atoms with van der Waals surface area (Å²) in [6.07, 6.45) is 2.27. The molecular formula is C23H24O. The third-order valence-electron chi connectivity index (χ3n) is 5.51. The van der Waals surface area contributed by atoms with E-state index in [1.165, 1.54) is 11.1 Å². The van der Waals surface area contributed by atoms with Gasteiger partial charge in [0.15, 0.2) is 5.78 Å². The second-order valence-corrected chi connectivity index (χ2v) is 6.95. The summed E-state index contributed by atoms with van der Waals surface area (Å²) in [5.74, 6) is 0.398. The van der Waals surface area contributed by atoms with Crippen LogP contribution in [0, 0.1) is 5.92 Å². The van der Waals surface area contributed by atoms with Gasteiger partial charge in [-0.2, -0.15) is 0 Å². The molecule has 2 aromatic rings. The highest BCUT2D eigenvalue weighted by atomic mass is 16.1. The first-order chi connectivity index (χ1) is 11.4. The fourth-order valence-electron chi connectivity index (χ4n) is 3.85. The van der Waals surface area contributed by atoms with Crippen LogP contribution < -0.4 is 0 Å². The lowest BCUT2D eigenvalue weighted by atomic mass is 9.64. The Morgan fingerprint density at radius 1 is 0.917 bits per heavy atom. The molecule has 122 valence electrons. The zero-order chi connectivity index (χ0) is 17.3. The molecule has 1 aliphatic carbocycles. The number of allylic oxidation sites excluding steroid dienone is 4. The summed E-state index contributed by atoms with van der Waals surface area (Å²) in [5.41, 5.74) is 5.09. The van der Waals surface area contributed by atoms with Crippen LogP contribution in [0.4, 0.5) is 0 Å². The van der Waals surface area contributed by atoms with Gasteiger partial charge in [-0.1, -0.05) is 86.2 Å². The summed E-state index contributed by atoms with van der Waals surface area (Å²) in [6.45, 7) is 8.67. The van der Waals surface area contributed by atoms with Crippen LogP contribution >= 0.6 is 0 Å². The molecule has 0 saturated heterocycles. The fraction of sp³-hybridized carbons (Fsp3) is 0.261. The highest BCUT2D eigenvalue weighted by molar-refractivity contribution is 6.12. The van der Waals surface area contributed by atoms with Gasteiger partial charge in [-0.3, -0.25) is 4.79 Å². The van der Waals surface area contributed by atoms with E-state index in [0.717, 1.165) is 16.7 Å². The van der Waals surface area contributed by atoms with Crippen molar-refractivity contribution in [3.63, 3.8) is 0 Å². The van der Waals surface area contributed by atoms with Crippen molar-refractivity contribution < 1.29 is 4.79 Å². The predicted octanol–water partition coefficient (Wildman–Crippen LogP) is 5.74. The Kier molecular flexibility index (Phi) is 4.28. The van der Waals surface area contributed by atoms with Crippen molar-refractivity contribution in [2.75, 3.05) is 0 Å². The molecule has 0 N–H and O–H groups in total. The van der Waals surface area contributed by atoms with E-state index in [1.54, 1.807) is 0 Å². The van der Waals surface area contributed by atoms with E-state index in [-0.39, 0.29) is 17.1 Å². The maximum absolute atomic E-state index is 13.0. The molecule has 0 heterocycles. The molecule has 0 fully saturated rings. The van der Waals surface area contributed by atoms with Crippen molar-refractivity contribution in [3.8, 4) is 0 Å². The number of benzene rings is 2. The highest BCUT2D eigenvalue weighted by Gasteiger charge is 2.38. The Morgan fingerprint density at radius 2 is 1.46 bits per heavy atom. The first-order valence-electron chi connectivity index (χ1n) is 8.51. The summed E-state index contributed by atoms with van der Waals surface area (Å²) in [5, 5.41) is 0. The van der Waals surface area contributed by atoms with Crippen LogP contribution in [-0.2, 0) is 5.41 Å². The maximum Gasteiger partial charge on any atom is 0.193 e. The first-order valence-corrected chi connectivity index (χ1v) is 8.51. The van der Waals surface area contributed by atoms with Gasteiger partial charge in [-0.15, -0.1) is 0 Å². The summed E-state index contributed by atoms with van der Waals surface area (Å²) in [4.78, 5) is 13.0.